The van der Waals surface area contributed by atoms with Crippen molar-refractivity contribution in [1.82, 2.24) is 14.9 Å². The summed E-state index contributed by atoms with van der Waals surface area (Å²) in [7, 11) is 0. The van der Waals surface area contributed by atoms with Crippen LogP contribution in [-0.4, -0.2) is 33.1 Å². The molecule has 0 aliphatic heterocycles. The van der Waals surface area contributed by atoms with Gasteiger partial charge in [0.1, 0.15) is 5.56 Å². The second-order valence-electron chi connectivity index (χ2n) is 5.82. The van der Waals surface area contributed by atoms with Crippen molar-refractivity contribution < 1.29 is 14.7 Å². The summed E-state index contributed by atoms with van der Waals surface area (Å²) < 4.78 is 1.67. The lowest BCUT2D eigenvalue weighted by Gasteiger charge is -2.13. The van der Waals surface area contributed by atoms with Gasteiger partial charge in [-0.25, -0.2) is 9.31 Å². The van der Waals surface area contributed by atoms with Crippen LogP contribution in [0, 0.1) is 6.92 Å². The van der Waals surface area contributed by atoms with E-state index in [-0.39, 0.29) is 11.8 Å². The lowest BCUT2D eigenvalue weighted by Crippen LogP contribution is -2.22. The first-order chi connectivity index (χ1) is 10.5. The lowest BCUT2D eigenvalue weighted by molar-refractivity contribution is -0.118. The summed E-state index contributed by atoms with van der Waals surface area (Å²) in [4.78, 5) is 22.6. The van der Waals surface area contributed by atoms with E-state index in [1.54, 1.807) is 11.4 Å². The van der Waals surface area contributed by atoms with Crippen molar-refractivity contribution in [2.45, 2.75) is 39.0 Å². The first kappa shape index (κ1) is 14.6. The lowest BCUT2D eigenvalue weighted by atomic mass is 9.95. The van der Waals surface area contributed by atoms with Crippen molar-refractivity contribution in [1.29, 1.82) is 0 Å². The summed E-state index contributed by atoms with van der Waals surface area (Å²) in [6, 6.07) is 2.03. The van der Waals surface area contributed by atoms with E-state index in [9.17, 15) is 14.7 Å². The average molecular weight is 301 g/mol. The third-order valence-corrected chi connectivity index (χ3v) is 4.35. The highest BCUT2D eigenvalue weighted by atomic mass is 16.4. The van der Waals surface area contributed by atoms with Crippen LogP contribution in [0.1, 0.15) is 52.9 Å². The SMILES string of the molecule is CC(=O)NCCC1CCc2ccn3nc(C)c(C(=O)O)c3c21. The van der Waals surface area contributed by atoms with Crippen LogP contribution in [0.25, 0.3) is 5.52 Å². The number of hydrogen-bond acceptors (Lipinski definition) is 3. The number of aryl methyl sites for hydroxylation is 2. The Morgan fingerprint density at radius 2 is 2.27 bits per heavy atom. The van der Waals surface area contributed by atoms with Gasteiger partial charge < -0.3 is 10.4 Å². The number of hydrogen-bond donors (Lipinski definition) is 2. The highest BCUT2D eigenvalue weighted by molar-refractivity contribution is 5.98. The summed E-state index contributed by atoms with van der Waals surface area (Å²) in [5.41, 5.74) is 3.83. The summed E-state index contributed by atoms with van der Waals surface area (Å²) in [6.07, 6.45) is 4.58. The maximum atomic E-state index is 11.6. The molecule has 1 amide bonds. The van der Waals surface area contributed by atoms with Crippen molar-refractivity contribution in [2.24, 2.45) is 0 Å². The molecule has 0 bridgehead atoms. The number of fused-ring (bicyclic) bond motifs is 3. The van der Waals surface area contributed by atoms with Gasteiger partial charge in [0.05, 0.1) is 11.2 Å². The number of amides is 1. The molecule has 0 fully saturated rings. The number of rotatable bonds is 4. The highest BCUT2D eigenvalue weighted by Gasteiger charge is 2.29. The molecule has 2 N–H and O–H groups in total. The molecule has 1 aliphatic carbocycles. The Hall–Kier alpha value is -2.37. The molecule has 1 atom stereocenters. The molecule has 6 nitrogen and oxygen atoms in total. The van der Waals surface area contributed by atoms with Crippen LogP contribution in [0.2, 0.25) is 0 Å². The number of carboxylic acid groups (broad SMARTS) is 1. The molecule has 116 valence electrons. The molecular weight excluding hydrogens is 282 g/mol. The molecule has 6 heteroatoms. The van der Waals surface area contributed by atoms with E-state index in [0.29, 0.717) is 23.3 Å². The Balaban J connectivity index is 2.04. The summed E-state index contributed by atoms with van der Waals surface area (Å²) in [5.74, 6) is -0.712. The van der Waals surface area contributed by atoms with Crippen molar-refractivity contribution in [3.8, 4) is 0 Å². The number of pyridine rings is 1. The molecule has 1 aliphatic rings. The van der Waals surface area contributed by atoms with Gasteiger partial charge in [0.25, 0.3) is 0 Å². The normalized spacial score (nSPS) is 16.7. The van der Waals surface area contributed by atoms with E-state index in [4.69, 9.17) is 0 Å². The van der Waals surface area contributed by atoms with Crippen LogP contribution in [0.5, 0.6) is 0 Å². The van der Waals surface area contributed by atoms with Gasteiger partial charge >= 0.3 is 5.97 Å². The second kappa shape index (κ2) is 5.44. The van der Waals surface area contributed by atoms with Gasteiger partial charge in [0.2, 0.25) is 5.91 Å². The molecule has 0 spiro atoms. The van der Waals surface area contributed by atoms with E-state index in [1.807, 2.05) is 12.3 Å². The van der Waals surface area contributed by atoms with Crippen LogP contribution in [0.3, 0.4) is 0 Å². The third-order valence-electron chi connectivity index (χ3n) is 4.35. The van der Waals surface area contributed by atoms with Gasteiger partial charge in [0, 0.05) is 19.7 Å². The molecule has 2 aromatic heterocycles. The fraction of sp³-hybridized carbons (Fsp3) is 0.438. The van der Waals surface area contributed by atoms with Crippen LogP contribution in [-0.2, 0) is 11.2 Å². The van der Waals surface area contributed by atoms with E-state index < -0.39 is 5.97 Å². The number of nitrogens with zero attached hydrogens (tertiary/aromatic N) is 2. The molecule has 0 saturated carbocycles. The van der Waals surface area contributed by atoms with E-state index in [1.165, 1.54) is 12.5 Å². The standard InChI is InChI=1S/C16H19N3O3/c1-9-13(16(21)22)15-14-11(5-7-17-10(2)20)3-4-12(14)6-8-19(15)18-9/h6,8,11H,3-5,7H2,1-2H3,(H,17,20)(H,21,22). The van der Waals surface area contributed by atoms with Gasteiger partial charge in [-0.05, 0) is 49.3 Å². The maximum absolute atomic E-state index is 11.6. The quantitative estimate of drug-likeness (QED) is 0.903. The fourth-order valence-electron chi connectivity index (χ4n) is 3.43. The zero-order valence-electron chi connectivity index (χ0n) is 12.7. The largest absolute Gasteiger partial charge is 0.478 e. The minimum Gasteiger partial charge on any atom is -0.478 e. The monoisotopic (exact) mass is 301 g/mol. The van der Waals surface area contributed by atoms with Crippen LogP contribution in [0.15, 0.2) is 12.3 Å². The number of aromatic nitrogens is 2. The minimum atomic E-state index is -0.937. The molecule has 2 aromatic rings. The van der Waals surface area contributed by atoms with Crippen molar-refractivity contribution in [3.05, 3.63) is 34.6 Å². The summed E-state index contributed by atoms with van der Waals surface area (Å²) in [5, 5.41) is 16.6. The van der Waals surface area contributed by atoms with Gasteiger partial charge in [-0.15, -0.1) is 0 Å². The van der Waals surface area contributed by atoms with E-state index >= 15 is 0 Å². The predicted molar refractivity (Wildman–Crippen MR) is 81.3 cm³/mol. The van der Waals surface area contributed by atoms with Crippen LogP contribution >= 0.6 is 0 Å². The fourth-order valence-corrected chi connectivity index (χ4v) is 3.43. The van der Waals surface area contributed by atoms with Gasteiger partial charge in [-0.3, -0.25) is 4.79 Å². The van der Waals surface area contributed by atoms with Gasteiger partial charge in [0.15, 0.2) is 0 Å². The predicted octanol–water partition coefficient (Wildman–Crippen LogP) is 1.90. The van der Waals surface area contributed by atoms with Gasteiger partial charge in [-0.1, -0.05) is 0 Å². The Morgan fingerprint density at radius 1 is 1.50 bits per heavy atom. The van der Waals surface area contributed by atoms with Crippen LogP contribution in [0.4, 0.5) is 0 Å². The van der Waals surface area contributed by atoms with Gasteiger partial charge in [-0.2, -0.15) is 5.10 Å². The molecule has 0 radical (unpaired) electrons. The second-order valence-corrected chi connectivity index (χ2v) is 5.82. The molecular formula is C16H19N3O3. The Labute approximate surface area is 128 Å². The van der Waals surface area contributed by atoms with Crippen molar-refractivity contribution in [2.75, 3.05) is 6.54 Å². The molecule has 2 heterocycles. The molecule has 0 saturated heterocycles. The first-order valence-corrected chi connectivity index (χ1v) is 7.47. The maximum Gasteiger partial charge on any atom is 0.339 e. The first-order valence-electron chi connectivity index (χ1n) is 7.47. The number of carbonyl (C=O) groups is 2. The number of aromatic carboxylic acids is 1. The van der Waals surface area contributed by atoms with E-state index in [2.05, 4.69) is 10.4 Å². The van der Waals surface area contributed by atoms with Crippen molar-refractivity contribution >= 4 is 17.4 Å². The highest BCUT2D eigenvalue weighted by Crippen LogP contribution is 2.39. The summed E-state index contributed by atoms with van der Waals surface area (Å²) >= 11 is 0. The smallest absolute Gasteiger partial charge is 0.339 e. The molecule has 1 unspecified atom stereocenters. The Bertz CT molecular complexity index is 764. The zero-order chi connectivity index (χ0) is 15.9. The molecule has 0 aromatic carbocycles. The van der Waals surface area contributed by atoms with E-state index in [0.717, 1.165) is 24.8 Å². The average Bonchev–Trinajstić information content (AvgIpc) is 2.98. The topological polar surface area (TPSA) is 83.7 Å². The zero-order valence-corrected chi connectivity index (χ0v) is 12.7. The summed E-state index contributed by atoms with van der Waals surface area (Å²) in [6.45, 7) is 3.84. The number of nitrogens with one attached hydrogen (secondary N) is 1. The minimum absolute atomic E-state index is 0.0390. The Morgan fingerprint density at radius 3 is 2.95 bits per heavy atom. The Kier molecular flexibility index (Phi) is 3.60. The third kappa shape index (κ3) is 2.34. The van der Waals surface area contributed by atoms with Crippen molar-refractivity contribution in [3.63, 3.8) is 0 Å². The number of carbonyl (C=O) groups excluding carboxylic acids is 1. The number of carboxylic acids is 1. The molecule has 22 heavy (non-hydrogen) atoms. The molecule has 3 rings (SSSR count). The van der Waals surface area contributed by atoms with Crippen LogP contribution < -0.4 is 5.32 Å².